The molecule has 0 amide bonds. The first-order valence-corrected chi connectivity index (χ1v) is 12.6. The van der Waals surface area contributed by atoms with Gasteiger partial charge in [0, 0.05) is 25.4 Å². The van der Waals surface area contributed by atoms with E-state index < -0.39 is 27.9 Å². The summed E-state index contributed by atoms with van der Waals surface area (Å²) < 4.78 is 72.9. The van der Waals surface area contributed by atoms with Crippen LogP contribution in [0.4, 0.5) is 18.9 Å². The fourth-order valence-corrected chi connectivity index (χ4v) is 4.05. The first kappa shape index (κ1) is 27.3. The van der Waals surface area contributed by atoms with Crippen molar-refractivity contribution in [2.24, 2.45) is 0 Å². The Labute approximate surface area is 197 Å². The number of benzene rings is 2. The van der Waals surface area contributed by atoms with Crippen LogP contribution < -0.4 is 14.4 Å². The summed E-state index contributed by atoms with van der Waals surface area (Å²) in [4.78, 5) is 13.2. The lowest BCUT2D eigenvalue weighted by atomic mass is 10.1. The smallest absolute Gasteiger partial charge is 0.478 e. The molecule has 0 saturated carbocycles. The molecule has 2 aromatic rings. The number of sulfone groups is 1. The summed E-state index contributed by atoms with van der Waals surface area (Å²) in [6.45, 7) is 4.99. The Morgan fingerprint density at radius 2 is 1.62 bits per heavy atom. The molecule has 0 radical (unpaired) electrons. The minimum absolute atomic E-state index is 0.0955. The van der Waals surface area contributed by atoms with E-state index in [-0.39, 0.29) is 27.6 Å². The third-order valence-corrected chi connectivity index (χ3v) is 5.95. The minimum Gasteiger partial charge on any atom is -0.478 e. The second-order valence-electron chi connectivity index (χ2n) is 7.72. The van der Waals surface area contributed by atoms with Crippen molar-refractivity contribution in [2.45, 2.75) is 50.8 Å². The zero-order valence-electron chi connectivity index (χ0n) is 19.2. The number of halogens is 3. The molecule has 2 rings (SSSR count). The van der Waals surface area contributed by atoms with Crippen molar-refractivity contribution < 1.29 is 41.0 Å². The summed E-state index contributed by atoms with van der Waals surface area (Å²) in [7, 11) is -3.97. The summed E-state index contributed by atoms with van der Waals surface area (Å²) in [5.74, 6) is -2.10. The molecule has 0 aromatic heterocycles. The largest absolute Gasteiger partial charge is 0.573 e. The average Bonchev–Trinajstić information content (AvgIpc) is 2.72. The molecule has 0 saturated heterocycles. The number of nitrogens with zero attached hydrogens (tertiary/aromatic N) is 1. The Hall–Kier alpha value is -2.95. The number of carboxylic acid groups (broad SMARTS) is 1. The maximum absolute atomic E-state index is 12.6. The van der Waals surface area contributed by atoms with Gasteiger partial charge in [0.05, 0.1) is 11.3 Å². The molecule has 0 aliphatic carbocycles. The second-order valence-corrected chi connectivity index (χ2v) is 9.70. The number of ether oxygens (including phenoxy) is 2. The van der Waals surface area contributed by atoms with E-state index in [1.807, 2.05) is 18.7 Å². The highest BCUT2D eigenvalue weighted by atomic mass is 32.2. The number of unbranched alkanes of at least 4 members (excludes halogenated alkanes) is 2. The summed E-state index contributed by atoms with van der Waals surface area (Å²) in [6.07, 6.45) is -0.814. The van der Waals surface area contributed by atoms with Crippen molar-refractivity contribution in [3.63, 3.8) is 0 Å². The lowest BCUT2D eigenvalue weighted by Gasteiger charge is -2.28. The molecule has 0 bridgehead atoms. The molecule has 11 heteroatoms. The topological polar surface area (TPSA) is 93.1 Å². The van der Waals surface area contributed by atoms with E-state index in [1.54, 1.807) is 0 Å². The maximum Gasteiger partial charge on any atom is 0.573 e. The van der Waals surface area contributed by atoms with Crippen LogP contribution in [0, 0.1) is 0 Å². The summed E-state index contributed by atoms with van der Waals surface area (Å²) >= 11 is 0. The molecule has 1 N–H and O–H groups in total. The molecule has 0 atom stereocenters. The fraction of sp³-hybridized carbons (Fsp3) is 0.435. The first-order chi connectivity index (χ1) is 15.9. The SMILES string of the molecule is CCCCN(CCCC)c1cc(C(=O)O)cc(S(C)(=O)=O)c1Oc1cccc(OC(F)(F)F)c1. The van der Waals surface area contributed by atoms with Gasteiger partial charge in [0.2, 0.25) is 0 Å². The number of aromatic carboxylic acids is 1. The Kier molecular flexibility index (Phi) is 9.20. The van der Waals surface area contributed by atoms with Crippen LogP contribution in [0.15, 0.2) is 41.3 Å². The van der Waals surface area contributed by atoms with E-state index in [0.717, 1.165) is 50.1 Å². The second kappa shape index (κ2) is 11.5. The van der Waals surface area contributed by atoms with Crippen molar-refractivity contribution in [1.29, 1.82) is 0 Å². The van der Waals surface area contributed by atoms with Crippen LogP contribution in [-0.4, -0.2) is 45.2 Å². The summed E-state index contributed by atoms with van der Waals surface area (Å²) in [6, 6.07) is 7.01. The first-order valence-electron chi connectivity index (χ1n) is 10.8. The molecule has 0 aliphatic heterocycles. The molecule has 0 heterocycles. The average molecular weight is 504 g/mol. The van der Waals surface area contributed by atoms with Gasteiger partial charge in [0.25, 0.3) is 0 Å². The number of hydrogen-bond acceptors (Lipinski definition) is 6. The van der Waals surface area contributed by atoms with Gasteiger partial charge in [0.1, 0.15) is 16.4 Å². The van der Waals surface area contributed by atoms with Crippen molar-refractivity contribution in [3.05, 3.63) is 42.0 Å². The van der Waals surface area contributed by atoms with Crippen LogP contribution in [0.2, 0.25) is 0 Å². The molecule has 34 heavy (non-hydrogen) atoms. The van der Waals surface area contributed by atoms with Crippen LogP contribution >= 0.6 is 0 Å². The van der Waals surface area contributed by atoms with E-state index >= 15 is 0 Å². The number of anilines is 1. The van der Waals surface area contributed by atoms with E-state index in [1.165, 1.54) is 18.2 Å². The van der Waals surface area contributed by atoms with Crippen LogP contribution in [0.5, 0.6) is 17.2 Å². The lowest BCUT2D eigenvalue weighted by Crippen LogP contribution is -2.27. The Balaban J connectivity index is 2.70. The molecule has 0 fully saturated rings. The van der Waals surface area contributed by atoms with Gasteiger partial charge in [-0.2, -0.15) is 0 Å². The molecular weight excluding hydrogens is 475 g/mol. The van der Waals surface area contributed by atoms with Crippen molar-refractivity contribution in [1.82, 2.24) is 0 Å². The number of carboxylic acids is 1. The lowest BCUT2D eigenvalue weighted by molar-refractivity contribution is -0.274. The van der Waals surface area contributed by atoms with Gasteiger partial charge >= 0.3 is 12.3 Å². The highest BCUT2D eigenvalue weighted by Crippen LogP contribution is 2.41. The summed E-state index contributed by atoms with van der Waals surface area (Å²) in [5.41, 5.74) is -0.000653. The zero-order valence-corrected chi connectivity index (χ0v) is 20.0. The van der Waals surface area contributed by atoms with Gasteiger partial charge in [-0.25, -0.2) is 13.2 Å². The van der Waals surface area contributed by atoms with Crippen LogP contribution in [-0.2, 0) is 9.84 Å². The quantitative estimate of drug-likeness (QED) is 0.386. The van der Waals surface area contributed by atoms with E-state index in [0.29, 0.717) is 13.1 Å². The normalized spacial score (nSPS) is 11.8. The Morgan fingerprint density at radius 1 is 1.03 bits per heavy atom. The van der Waals surface area contributed by atoms with Gasteiger partial charge in [0.15, 0.2) is 15.6 Å². The Morgan fingerprint density at radius 3 is 2.12 bits per heavy atom. The van der Waals surface area contributed by atoms with Gasteiger partial charge in [-0.1, -0.05) is 32.8 Å². The fourth-order valence-electron chi connectivity index (χ4n) is 3.23. The van der Waals surface area contributed by atoms with Crippen LogP contribution in [0.1, 0.15) is 49.9 Å². The van der Waals surface area contributed by atoms with Crippen LogP contribution in [0.25, 0.3) is 0 Å². The standard InChI is InChI=1S/C23H28F3NO6S/c1-4-6-11-27(12-7-5-2)19-13-16(22(28)29)14-20(34(3,30)31)21(19)32-17-9-8-10-18(15-17)33-23(24,25)26/h8-10,13-15H,4-7,11-12H2,1-3H3,(H,28,29). The van der Waals surface area contributed by atoms with E-state index in [4.69, 9.17) is 4.74 Å². The van der Waals surface area contributed by atoms with E-state index in [9.17, 15) is 31.5 Å². The summed E-state index contributed by atoms with van der Waals surface area (Å²) in [5, 5.41) is 9.58. The monoisotopic (exact) mass is 503 g/mol. The number of alkyl halides is 3. The highest BCUT2D eigenvalue weighted by molar-refractivity contribution is 7.90. The third kappa shape index (κ3) is 7.82. The number of carbonyl (C=O) groups is 1. The molecule has 0 spiro atoms. The van der Waals surface area contributed by atoms with Gasteiger partial charge < -0.3 is 19.5 Å². The number of hydrogen-bond donors (Lipinski definition) is 1. The minimum atomic E-state index is -4.91. The highest BCUT2D eigenvalue weighted by Gasteiger charge is 2.31. The Bertz CT molecular complexity index is 1090. The third-order valence-electron chi connectivity index (χ3n) is 4.84. The van der Waals surface area contributed by atoms with Crippen LogP contribution in [0.3, 0.4) is 0 Å². The predicted molar refractivity (Wildman–Crippen MR) is 122 cm³/mol. The van der Waals surface area contributed by atoms with Crippen molar-refractivity contribution in [2.75, 3.05) is 24.2 Å². The molecule has 0 aliphatic rings. The molecular formula is C23H28F3NO6S. The van der Waals surface area contributed by atoms with Crippen molar-refractivity contribution >= 4 is 21.5 Å². The predicted octanol–water partition coefficient (Wildman–Crippen LogP) is 5.89. The van der Waals surface area contributed by atoms with E-state index in [2.05, 4.69) is 4.74 Å². The van der Waals surface area contributed by atoms with Crippen molar-refractivity contribution in [3.8, 4) is 17.2 Å². The molecule has 2 aromatic carbocycles. The van der Waals surface area contributed by atoms with Gasteiger partial charge in [-0.15, -0.1) is 13.2 Å². The van der Waals surface area contributed by atoms with Gasteiger partial charge in [-0.3, -0.25) is 0 Å². The maximum atomic E-state index is 12.6. The zero-order chi connectivity index (χ0) is 25.5. The molecule has 188 valence electrons. The molecule has 7 nitrogen and oxygen atoms in total. The number of rotatable bonds is 12. The molecule has 0 unspecified atom stereocenters. The van der Waals surface area contributed by atoms with Gasteiger partial charge in [-0.05, 0) is 37.1 Å².